The number of anilines is 1. The van der Waals surface area contributed by atoms with E-state index >= 15 is 0 Å². The Balaban J connectivity index is 1.86. The summed E-state index contributed by atoms with van der Waals surface area (Å²) in [6.07, 6.45) is 1.18. The maximum Gasteiger partial charge on any atom is 0.287 e. The van der Waals surface area contributed by atoms with Crippen molar-refractivity contribution in [2.75, 3.05) is 11.1 Å². The van der Waals surface area contributed by atoms with Crippen LogP contribution in [0.1, 0.15) is 0 Å². The molecule has 0 radical (unpaired) electrons. The number of nitro groups is 1. The molecule has 0 unspecified atom stereocenters. The molecule has 1 aromatic carbocycles. The zero-order valence-corrected chi connectivity index (χ0v) is 13.6. The van der Waals surface area contributed by atoms with E-state index in [1.165, 1.54) is 30.1 Å². The molecule has 0 aliphatic heterocycles. The zero-order chi connectivity index (χ0) is 15.2. The summed E-state index contributed by atoms with van der Waals surface area (Å²) in [5.41, 5.74) is 0.667. The number of halogens is 1. The number of aromatic nitrogens is 1. The highest BCUT2D eigenvalue weighted by Gasteiger charge is 2.08. The number of hydrogen-bond acceptors (Lipinski definition) is 5. The minimum absolute atomic E-state index is 0.0670. The quantitative estimate of drug-likeness (QED) is 0.351. The zero-order valence-electron chi connectivity index (χ0n) is 10.7. The Bertz CT molecular complexity index is 647. The summed E-state index contributed by atoms with van der Waals surface area (Å²) in [6.45, 7) is 0. The van der Waals surface area contributed by atoms with Crippen LogP contribution in [-0.2, 0) is 4.79 Å². The van der Waals surface area contributed by atoms with E-state index in [1.807, 2.05) is 24.3 Å². The Morgan fingerprint density at radius 1 is 1.29 bits per heavy atom. The summed E-state index contributed by atoms with van der Waals surface area (Å²) in [7, 11) is 0. The van der Waals surface area contributed by atoms with Crippen molar-refractivity contribution in [2.45, 2.75) is 5.03 Å². The van der Waals surface area contributed by atoms with Gasteiger partial charge < -0.3 is 5.32 Å². The van der Waals surface area contributed by atoms with Gasteiger partial charge in [0.05, 0.1) is 15.7 Å². The van der Waals surface area contributed by atoms with Gasteiger partial charge in [-0.1, -0.05) is 11.8 Å². The molecule has 1 heterocycles. The number of carbonyl (C=O) groups excluding carboxylic acids is 1. The van der Waals surface area contributed by atoms with E-state index in [4.69, 9.17) is 0 Å². The van der Waals surface area contributed by atoms with E-state index in [-0.39, 0.29) is 17.3 Å². The number of carbonyl (C=O) groups is 1. The largest absolute Gasteiger partial charge is 0.325 e. The van der Waals surface area contributed by atoms with Gasteiger partial charge in [0.15, 0.2) is 0 Å². The molecule has 0 spiro atoms. The number of rotatable bonds is 5. The summed E-state index contributed by atoms with van der Waals surface area (Å²) < 4.78 is 1.09. The van der Waals surface area contributed by atoms with Crippen LogP contribution < -0.4 is 5.32 Å². The summed E-state index contributed by atoms with van der Waals surface area (Å²) in [6, 6.07) is 10.4. The van der Waals surface area contributed by atoms with Gasteiger partial charge in [-0.3, -0.25) is 14.9 Å². The van der Waals surface area contributed by atoms with Crippen molar-refractivity contribution in [2.24, 2.45) is 0 Å². The fourth-order valence-electron chi connectivity index (χ4n) is 1.44. The number of nitrogens with zero attached hydrogens (tertiary/aromatic N) is 2. The van der Waals surface area contributed by atoms with E-state index in [0.29, 0.717) is 5.03 Å². The first-order valence-electron chi connectivity index (χ1n) is 5.83. The molecule has 0 saturated carbocycles. The minimum atomic E-state index is -0.509. The number of nitrogens with one attached hydrogen (secondary N) is 1. The van der Waals surface area contributed by atoms with Crippen molar-refractivity contribution in [3.8, 4) is 0 Å². The first-order chi connectivity index (χ1) is 10.0. The molecule has 0 aliphatic carbocycles. The lowest BCUT2D eigenvalue weighted by Crippen LogP contribution is -2.14. The number of amides is 1. The predicted octanol–water partition coefficient (Wildman–Crippen LogP) is 3.33. The second kappa shape index (κ2) is 7.36. The number of thioether (sulfide) groups is 1. The van der Waals surface area contributed by atoms with Gasteiger partial charge in [-0.2, -0.15) is 0 Å². The highest BCUT2D eigenvalue weighted by Crippen LogP contribution is 2.18. The van der Waals surface area contributed by atoms with Crippen molar-refractivity contribution in [3.63, 3.8) is 0 Å². The smallest absolute Gasteiger partial charge is 0.287 e. The summed E-state index contributed by atoms with van der Waals surface area (Å²) in [5, 5.41) is 13.8. The van der Waals surface area contributed by atoms with Crippen LogP contribution in [0.4, 0.5) is 11.4 Å². The lowest BCUT2D eigenvalue weighted by atomic mass is 10.3. The number of benzene rings is 1. The van der Waals surface area contributed by atoms with Gasteiger partial charge in [-0.25, -0.2) is 4.98 Å². The van der Waals surface area contributed by atoms with Crippen LogP contribution in [0, 0.1) is 13.7 Å². The monoisotopic (exact) mass is 415 g/mol. The van der Waals surface area contributed by atoms with Crippen LogP contribution in [0.25, 0.3) is 0 Å². The third-order valence-electron chi connectivity index (χ3n) is 2.41. The highest BCUT2D eigenvalue weighted by atomic mass is 127. The summed E-state index contributed by atoms with van der Waals surface area (Å²) in [4.78, 5) is 25.7. The van der Waals surface area contributed by atoms with Crippen molar-refractivity contribution in [3.05, 3.63) is 56.3 Å². The molecule has 0 atom stereocenters. The van der Waals surface area contributed by atoms with Crippen LogP contribution in [0.2, 0.25) is 0 Å². The van der Waals surface area contributed by atoms with Gasteiger partial charge in [-0.05, 0) is 52.9 Å². The van der Waals surface area contributed by atoms with Crippen molar-refractivity contribution in [1.29, 1.82) is 0 Å². The van der Waals surface area contributed by atoms with Gasteiger partial charge in [-0.15, -0.1) is 0 Å². The SMILES string of the molecule is O=C(CSc1ccc([N+](=O)[O-])cn1)Nc1ccc(I)cc1. The van der Waals surface area contributed by atoms with Crippen LogP contribution in [0.3, 0.4) is 0 Å². The fourth-order valence-corrected chi connectivity index (χ4v) is 2.44. The van der Waals surface area contributed by atoms with Gasteiger partial charge in [0, 0.05) is 15.3 Å². The second-order valence-corrected chi connectivity index (χ2v) is 6.20. The van der Waals surface area contributed by atoms with E-state index in [2.05, 4.69) is 32.9 Å². The Hall–Kier alpha value is -1.68. The van der Waals surface area contributed by atoms with E-state index in [9.17, 15) is 14.9 Å². The number of hydrogen-bond donors (Lipinski definition) is 1. The van der Waals surface area contributed by atoms with Crippen LogP contribution in [0.5, 0.6) is 0 Å². The summed E-state index contributed by atoms with van der Waals surface area (Å²) >= 11 is 3.41. The van der Waals surface area contributed by atoms with Gasteiger partial charge in [0.1, 0.15) is 6.20 Å². The third kappa shape index (κ3) is 4.97. The molecule has 0 bridgehead atoms. The van der Waals surface area contributed by atoms with Gasteiger partial charge in [0.2, 0.25) is 5.91 Å². The lowest BCUT2D eigenvalue weighted by Gasteiger charge is -2.04. The molecule has 21 heavy (non-hydrogen) atoms. The number of pyridine rings is 1. The molecule has 0 aliphatic rings. The standard InChI is InChI=1S/C13H10IN3O3S/c14-9-1-3-10(4-2-9)16-12(18)8-21-13-6-5-11(7-15-13)17(19)20/h1-7H,8H2,(H,16,18). The van der Waals surface area contributed by atoms with Crippen LogP contribution >= 0.6 is 34.4 Å². The van der Waals surface area contributed by atoms with Crippen LogP contribution in [0.15, 0.2) is 47.6 Å². The second-order valence-electron chi connectivity index (χ2n) is 3.96. The Kier molecular flexibility index (Phi) is 5.51. The molecule has 1 amide bonds. The average molecular weight is 415 g/mol. The molecule has 2 rings (SSSR count). The molecular weight excluding hydrogens is 405 g/mol. The molecule has 108 valence electrons. The first kappa shape index (κ1) is 15.7. The van der Waals surface area contributed by atoms with Gasteiger partial charge in [0.25, 0.3) is 5.69 Å². The third-order valence-corrected chi connectivity index (χ3v) is 4.07. The molecule has 6 nitrogen and oxygen atoms in total. The molecule has 2 aromatic rings. The molecule has 8 heteroatoms. The molecule has 0 fully saturated rings. The van der Waals surface area contributed by atoms with Crippen molar-refractivity contribution >= 4 is 51.6 Å². The molecular formula is C13H10IN3O3S. The predicted molar refractivity (Wildman–Crippen MR) is 89.4 cm³/mol. The molecule has 1 aromatic heterocycles. The Morgan fingerprint density at radius 3 is 2.57 bits per heavy atom. The minimum Gasteiger partial charge on any atom is -0.325 e. The van der Waals surface area contributed by atoms with E-state index in [0.717, 1.165) is 9.26 Å². The van der Waals surface area contributed by atoms with Gasteiger partial charge >= 0.3 is 0 Å². The van der Waals surface area contributed by atoms with E-state index in [1.54, 1.807) is 0 Å². The topological polar surface area (TPSA) is 85.1 Å². The van der Waals surface area contributed by atoms with Crippen molar-refractivity contribution in [1.82, 2.24) is 4.98 Å². The van der Waals surface area contributed by atoms with Crippen molar-refractivity contribution < 1.29 is 9.72 Å². The van der Waals surface area contributed by atoms with E-state index < -0.39 is 4.92 Å². The Morgan fingerprint density at radius 2 is 2.00 bits per heavy atom. The first-order valence-corrected chi connectivity index (χ1v) is 7.90. The molecule has 1 N–H and O–H groups in total. The maximum absolute atomic E-state index is 11.8. The summed E-state index contributed by atoms with van der Waals surface area (Å²) in [5.74, 6) is 0.0397. The molecule has 0 saturated heterocycles. The maximum atomic E-state index is 11.8. The lowest BCUT2D eigenvalue weighted by molar-refractivity contribution is -0.385. The van der Waals surface area contributed by atoms with Crippen LogP contribution in [-0.4, -0.2) is 21.6 Å². The fraction of sp³-hybridized carbons (Fsp3) is 0.0769. The normalized spacial score (nSPS) is 10.1. The average Bonchev–Trinajstić information content (AvgIpc) is 2.48. The Labute approximate surface area is 138 Å². The highest BCUT2D eigenvalue weighted by molar-refractivity contribution is 14.1.